The second kappa shape index (κ2) is 8.31. The number of aryl methyl sites for hydroxylation is 3. The average Bonchev–Trinajstić information content (AvgIpc) is 2.97. The summed E-state index contributed by atoms with van der Waals surface area (Å²) in [4.78, 5) is 13.4. The number of hydrogen-bond acceptors (Lipinski definition) is 3. The maximum Gasteiger partial charge on any atom is 0.345 e. The first-order chi connectivity index (χ1) is 13.7. The maximum atomic E-state index is 12.2. The first-order valence-corrected chi connectivity index (χ1v) is 10.9. The van der Waals surface area contributed by atoms with Crippen molar-refractivity contribution in [2.75, 3.05) is 6.61 Å². The van der Waals surface area contributed by atoms with Crippen molar-refractivity contribution in [1.29, 1.82) is 0 Å². The molecule has 1 heterocycles. The van der Waals surface area contributed by atoms with Gasteiger partial charge in [0.1, 0.15) is 11.1 Å². The zero-order valence-electron chi connectivity index (χ0n) is 17.9. The predicted molar refractivity (Wildman–Crippen MR) is 121 cm³/mol. The van der Waals surface area contributed by atoms with Crippen LogP contribution >= 0.6 is 10.5 Å². The molecule has 0 fully saturated rings. The number of benzene rings is 2. The van der Waals surface area contributed by atoms with Gasteiger partial charge in [-0.2, -0.15) is 0 Å². The number of ether oxygens (including phenoxy) is 2. The quantitative estimate of drug-likeness (QED) is 0.286. The molecule has 0 amide bonds. The number of carbonyl (C=O) groups is 1. The Morgan fingerprint density at radius 1 is 1.07 bits per heavy atom. The number of hydrogen-bond donors (Lipinski definition) is 0. The highest BCUT2D eigenvalue weighted by atomic mass is 32.2. The van der Waals surface area contributed by atoms with Gasteiger partial charge in [0.05, 0.1) is 0 Å². The van der Waals surface area contributed by atoms with Crippen LogP contribution in [0.1, 0.15) is 37.5 Å². The van der Waals surface area contributed by atoms with Gasteiger partial charge in [0.25, 0.3) is 0 Å². The molecule has 0 spiro atoms. The van der Waals surface area contributed by atoms with Crippen LogP contribution in [0.5, 0.6) is 5.75 Å². The van der Waals surface area contributed by atoms with E-state index in [-0.39, 0.29) is 17.1 Å². The molecule has 0 radical (unpaired) electrons. The van der Waals surface area contributed by atoms with Crippen molar-refractivity contribution >= 4 is 26.5 Å². The molecular formula is C25H27O3S+. The van der Waals surface area contributed by atoms with Crippen molar-refractivity contribution < 1.29 is 14.3 Å². The number of thiophene rings is 1. The van der Waals surface area contributed by atoms with Gasteiger partial charge >= 0.3 is 5.97 Å². The van der Waals surface area contributed by atoms with Crippen molar-refractivity contribution in [3.05, 3.63) is 58.5 Å². The molecule has 0 saturated carbocycles. The normalized spacial score (nSPS) is 11.7. The Morgan fingerprint density at radius 2 is 1.72 bits per heavy atom. The van der Waals surface area contributed by atoms with Gasteiger partial charge in [0.2, 0.25) is 0 Å². The zero-order valence-corrected chi connectivity index (χ0v) is 18.7. The predicted octanol–water partition coefficient (Wildman–Crippen LogP) is 6.23. The summed E-state index contributed by atoms with van der Waals surface area (Å²) in [6, 6.07) is 12.9. The SMILES string of the molecule is CC#CC(C)(C)OC(=O)COc1c(C)cc(-[s+]2cc(C)c3ccccc32)cc1C. The lowest BCUT2D eigenvalue weighted by Crippen LogP contribution is -2.29. The van der Waals surface area contributed by atoms with Gasteiger partial charge in [0.15, 0.2) is 21.8 Å². The molecule has 0 aliphatic heterocycles. The van der Waals surface area contributed by atoms with Gasteiger partial charge in [-0.25, -0.2) is 4.79 Å². The largest absolute Gasteiger partial charge is 0.481 e. The molecule has 1 aromatic heterocycles. The number of rotatable bonds is 5. The molecule has 0 aliphatic rings. The van der Waals surface area contributed by atoms with E-state index in [1.165, 1.54) is 20.5 Å². The summed E-state index contributed by atoms with van der Waals surface area (Å²) in [5.74, 6) is 5.96. The fourth-order valence-corrected chi connectivity index (χ4v) is 5.82. The number of fused-ring (bicyclic) bond motifs is 1. The fourth-order valence-electron chi connectivity index (χ4n) is 3.52. The third-order valence-corrected chi connectivity index (χ3v) is 6.82. The van der Waals surface area contributed by atoms with E-state index >= 15 is 0 Å². The molecule has 4 heteroatoms. The van der Waals surface area contributed by atoms with Crippen LogP contribution in [0, 0.1) is 32.6 Å². The second-order valence-corrected chi connectivity index (χ2v) is 9.49. The molecular weight excluding hydrogens is 380 g/mol. The minimum absolute atomic E-state index is 0.0775. The van der Waals surface area contributed by atoms with Gasteiger partial charge in [-0.05, 0) is 64.8 Å². The van der Waals surface area contributed by atoms with Gasteiger partial charge in [-0.15, -0.1) is 5.92 Å². The third kappa shape index (κ3) is 4.63. The zero-order chi connectivity index (χ0) is 21.2. The summed E-state index contributed by atoms with van der Waals surface area (Å²) in [6.07, 6.45) is 0. The highest BCUT2D eigenvalue weighted by Crippen LogP contribution is 2.43. The van der Waals surface area contributed by atoms with Crippen molar-refractivity contribution in [2.45, 2.75) is 47.1 Å². The third-order valence-electron chi connectivity index (χ3n) is 4.66. The molecule has 3 rings (SSSR count). The summed E-state index contributed by atoms with van der Waals surface area (Å²) >= 11 is 0. The monoisotopic (exact) mass is 407 g/mol. The van der Waals surface area contributed by atoms with E-state index < -0.39 is 11.6 Å². The molecule has 2 aromatic carbocycles. The molecule has 1 unspecified atom stereocenters. The van der Waals surface area contributed by atoms with E-state index in [9.17, 15) is 4.79 Å². The Morgan fingerprint density at radius 3 is 2.38 bits per heavy atom. The summed E-state index contributed by atoms with van der Waals surface area (Å²) in [5, 5.41) is 3.67. The van der Waals surface area contributed by atoms with Crippen LogP contribution in [-0.2, 0) is 9.53 Å². The van der Waals surface area contributed by atoms with Crippen LogP contribution in [0.15, 0.2) is 41.8 Å². The molecule has 0 bridgehead atoms. The van der Waals surface area contributed by atoms with Gasteiger partial charge < -0.3 is 9.47 Å². The smallest absolute Gasteiger partial charge is 0.345 e. The van der Waals surface area contributed by atoms with Crippen LogP contribution in [0.4, 0.5) is 0 Å². The highest BCUT2D eigenvalue weighted by molar-refractivity contribution is 7.43. The molecule has 29 heavy (non-hydrogen) atoms. The lowest BCUT2D eigenvalue weighted by Gasteiger charge is -2.19. The van der Waals surface area contributed by atoms with Crippen LogP contribution in [0.2, 0.25) is 0 Å². The Labute approximate surface area is 175 Å². The van der Waals surface area contributed by atoms with Crippen molar-refractivity contribution in [2.24, 2.45) is 0 Å². The molecule has 0 saturated heterocycles. The molecule has 3 nitrogen and oxygen atoms in total. The summed E-state index contributed by atoms with van der Waals surface area (Å²) in [5.41, 5.74) is 2.54. The number of esters is 1. The maximum absolute atomic E-state index is 12.2. The molecule has 0 aliphatic carbocycles. The first kappa shape index (κ1) is 21.0. The van der Waals surface area contributed by atoms with Gasteiger partial charge in [-0.1, -0.05) is 18.1 Å². The molecule has 0 N–H and O–H groups in total. The summed E-state index contributed by atoms with van der Waals surface area (Å²) in [7, 11) is -0.0775. The van der Waals surface area contributed by atoms with Crippen LogP contribution < -0.4 is 4.74 Å². The Bertz CT molecular complexity index is 1100. The Hall–Kier alpha value is -2.77. The van der Waals surface area contributed by atoms with Crippen LogP contribution in [-0.4, -0.2) is 18.2 Å². The van der Waals surface area contributed by atoms with Crippen LogP contribution in [0.3, 0.4) is 0 Å². The minimum Gasteiger partial charge on any atom is -0.481 e. The van der Waals surface area contributed by atoms with Crippen molar-refractivity contribution in [3.63, 3.8) is 0 Å². The van der Waals surface area contributed by atoms with E-state index in [4.69, 9.17) is 9.47 Å². The lowest BCUT2D eigenvalue weighted by atomic mass is 10.1. The lowest BCUT2D eigenvalue weighted by molar-refractivity contribution is -0.154. The average molecular weight is 408 g/mol. The van der Waals surface area contributed by atoms with E-state index in [0.29, 0.717) is 0 Å². The molecule has 150 valence electrons. The van der Waals surface area contributed by atoms with E-state index in [0.717, 1.165) is 16.9 Å². The molecule has 1 atom stereocenters. The van der Waals surface area contributed by atoms with E-state index in [1.54, 1.807) is 20.8 Å². The van der Waals surface area contributed by atoms with E-state index in [2.05, 4.69) is 60.5 Å². The fraction of sp³-hybridized carbons (Fsp3) is 0.320. The summed E-state index contributed by atoms with van der Waals surface area (Å²) < 4.78 is 12.6. The minimum atomic E-state index is -0.815. The topological polar surface area (TPSA) is 35.5 Å². The standard InChI is InChI=1S/C25H27O3S/c1-7-12-25(5,6)28-23(26)15-27-24-17(2)13-20(14-18(24)3)29-16-19(4)21-10-8-9-11-22(21)29/h8-11,13-14,16H,15H2,1-6H3/q+1. The summed E-state index contributed by atoms with van der Waals surface area (Å²) in [6.45, 7) is 11.3. The Kier molecular flexibility index (Phi) is 6.00. The van der Waals surface area contributed by atoms with Gasteiger partial charge in [0, 0.05) is 33.6 Å². The van der Waals surface area contributed by atoms with Gasteiger partial charge in [-0.3, -0.25) is 0 Å². The highest BCUT2D eigenvalue weighted by Gasteiger charge is 2.23. The second-order valence-electron chi connectivity index (χ2n) is 7.67. The molecule has 3 aromatic rings. The first-order valence-electron chi connectivity index (χ1n) is 9.62. The van der Waals surface area contributed by atoms with Crippen LogP contribution in [0.25, 0.3) is 15.0 Å². The van der Waals surface area contributed by atoms with E-state index in [1.807, 2.05) is 13.8 Å². The van der Waals surface area contributed by atoms with Crippen molar-refractivity contribution in [1.82, 2.24) is 0 Å². The number of carbonyl (C=O) groups excluding carboxylic acids is 1. The van der Waals surface area contributed by atoms with Crippen molar-refractivity contribution in [3.8, 4) is 22.5 Å². The Balaban J connectivity index is 1.83.